The molecule has 0 bridgehead atoms. The quantitative estimate of drug-likeness (QED) is 0.663. The average Bonchev–Trinajstić information content (AvgIpc) is 3.20. The van der Waals surface area contributed by atoms with E-state index in [1.54, 1.807) is 17.2 Å². The topological polar surface area (TPSA) is 66.6 Å². The summed E-state index contributed by atoms with van der Waals surface area (Å²) in [6.07, 6.45) is 2.25. The zero-order chi connectivity index (χ0) is 20.1. The van der Waals surface area contributed by atoms with Crippen molar-refractivity contribution in [3.8, 4) is 11.1 Å². The Morgan fingerprint density at radius 2 is 1.86 bits per heavy atom. The van der Waals surface area contributed by atoms with Gasteiger partial charge in [-0.2, -0.15) is 0 Å². The van der Waals surface area contributed by atoms with Gasteiger partial charge in [-0.1, -0.05) is 19.1 Å². The number of hydrogen-bond acceptors (Lipinski definition) is 4. The largest absolute Gasteiger partial charge is 0.467 e. The van der Waals surface area contributed by atoms with E-state index in [0.29, 0.717) is 24.3 Å². The Kier molecular flexibility index (Phi) is 6.26. The van der Waals surface area contributed by atoms with Gasteiger partial charge < -0.3 is 14.4 Å². The summed E-state index contributed by atoms with van der Waals surface area (Å²) in [7, 11) is 0. The van der Waals surface area contributed by atoms with E-state index < -0.39 is 0 Å². The molecule has 0 spiro atoms. The second-order valence-electron chi connectivity index (χ2n) is 6.98. The zero-order valence-electron chi connectivity index (χ0n) is 16.6. The summed E-state index contributed by atoms with van der Waals surface area (Å²) in [6, 6.07) is 15.0. The molecule has 3 rings (SSSR count). The van der Waals surface area contributed by atoms with Crippen LogP contribution in [0.4, 0.5) is 0 Å². The molecule has 3 aromatic rings. The third-order valence-electron chi connectivity index (χ3n) is 4.81. The predicted octanol–water partition coefficient (Wildman–Crippen LogP) is 4.37. The lowest BCUT2D eigenvalue weighted by Crippen LogP contribution is -2.41. The zero-order valence-corrected chi connectivity index (χ0v) is 16.6. The van der Waals surface area contributed by atoms with Gasteiger partial charge >= 0.3 is 0 Å². The van der Waals surface area contributed by atoms with Crippen LogP contribution in [0.25, 0.3) is 11.1 Å². The number of furan rings is 1. The van der Waals surface area contributed by atoms with Crippen molar-refractivity contribution in [2.75, 3.05) is 6.61 Å². The maximum atomic E-state index is 13.3. The van der Waals surface area contributed by atoms with E-state index in [-0.39, 0.29) is 18.6 Å². The Balaban J connectivity index is 1.94. The first kappa shape index (κ1) is 19.8. The highest BCUT2D eigenvalue weighted by Gasteiger charge is 2.24. The van der Waals surface area contributed by atoms with Gasteiger partial charge in [-0.15, -0.1) is 0 Å². The lowest BCUT2D eigenvalue weighted by atomic mass is 10.0. The number of aliphatic hydroxyl groups excluding tert-OH is 1. The Bertz CT molecular complexity index is 911. The molecular formula is C23H26N2O3. The molecule has 0 fully saturated rings. The summed E-state index contributed by atoms with van der Waals surface area (Å²) in [5, 5.41) is 9.78. The van der Waals surface area contributed by atoms with Crippen molar-refractivity contribution in [1.29, 1.82) is 0 Å². The van der Waals surface area contributed by atoms with Gasteiger partial charge in [-0.05, 0) is 67.8 Å². The molecule has 0 aliphatic carbocycles. The van der Waals surface area contributed by atoms with Crippen molar-refractivity contribution < 1.29 is 14.3 Å². The number of pyridine rings is 1. The van der Waals surface area contributed by atoms with E-state index in [2.05, 4.69) is 4.98 Å². The minimum atomic E-state index is -0.272. The molecule has 0 unspecified atom stereocenters. The number of aryl methyl sites for hydroxylation is 2. The van der Waals surface area contributed by atoms with Gasteiger partial charge in [-0.3, -0.25) is 9.78 Å². The number of nitrogens with zero attached hydrogens (tertiary/aromatic N) is 2. The summed E-state index contributed by atoms with van der Waals surface area (Å²) in [5.41, 5.74) is 4.47. The van der Waals surface area contributed by atoms with E-state index in [9.17, 15) is 9.90 Å². The minimum absolute atomic E-state index is 0.0919. The molecule has 0 radical (unpaired) electrons. The highest BCUT2D eigenvalue weighted by atomic mass is 16.3. The van der Waals surface area contributed by atoms with Crippen molar-refractivity contribution in [3.05, 3.63) is 77.5 Å². The predicted molar refractivity (Wildman–Crippen MR) is 109 cm³/mol. The minimum Gasteiger partial charge on any atom is -0.467 e. The number of aliphatic hydroxyl groups is 1. The molecule has 1 atom stereocenters. The van der Waals surface area contributed by atoms with Gasteiger partial charge in [0, 0.05) is 17.0 Å². The highest BCUT2D eigenvalue weighted by Crippen LogP contribution is 2.24. The fraction of sp³-hybridized carbons (Fsp3) is 0.304. The second-order valence-corrected chi connectivity index (χ2v) is 6.98. The number of carbonyl (C=O) groups is 1. The monoisotopic (exact) mass is 378 g/mol. The fourth-order valence-corrected chi connectivity index (χ4v) is 3.38. The van der Waals surface area contributed by atoms with Crippen molar-refractivity contribution >= 4 is 5.91 Å². The Morgan fingerprint density at radius 1 is 1.11 bits per heavy atom. The van der Waals surface area contributed by atoms with Crippen LogP contribution in [0.3, 0.4) is 0 Å². The first-order chi connectivity index (χ1) is 13.5. The van der Waals surface area contributed by atoms with Crippen molar-refractivity contribution in [1.82, 2.24) is 9.88 Å². The summed E-state index contributed by atoms with van der Waals surface area (Å²) >= 11 is 0. The normalized spacial score (nSPS) is 12.0. The van der Waals surface area contributed by atoms with E-state index in [1.165, 1.54) is 0 Å². The first-order valence-corrected chi connectivity index (χ1v) is 9.51. The number of aromatic nitrogens is 1. The van der Waals surface area contributed by atoms with E-state index in [1.807, 2.05) is 63.2 Å². The van der Waals surface area contributed by atoms with Gasteiger partial charge in [0.2, 0.25) is 0 Å². The Morgan fingerprint density at radius 3 is 2.46 bits per heavy atom. The number of hydrogen-bond donors (Lipinski definition) is 1. The molecule has 0 aliphatic heterocycles. The highest BCUT2D eigenvalue weighted by molar-refractivity contribution is 5.95. The Labute approximate surface area is 165 Å². The standard InChI is InChI=1S/C23H26N2O3/c1-4-21(15-26)25(14-22-9-6-10-28-22)23(27)19-8-5-7-18(13-19)20-11-16(2)24-17(3)12-20/h5-13,21,26H,4,14-15H2,1-3H3/t21-/m0/s1. The summed E-state index contributed by atoms with van der Waals surface area (Å²) in [6.45, 7) is 6.11. The fourth-order valence-electron chi connectivity index (χ4n) is 3.38. The number of amides is 1. The van der Waals surface area contributed by atoms with Crippen LogP contribution in [0.15, 0.2) is 59.2 Å². The van der Waals surface area contributed by atoms with Crippen LogP contribution in [0.5, 0.6) is 0 Å². The van der Waals surface area contributed by atoms with Crippen molar-refractivity contribution in [2.45, 2.75) is 39.8 Å². The summed E-state index contributed by atoms with van der Waals surface area (Å²) in [4.78, 5) is 19.4. The summed E-state index contributed by atoms with van der Waals surface area (Å²) in [5.74, 6) is 0.568. The van der Waals surface area contributed by atoms with Gasteiger partial charge in [0.05, 0.1) is 25.5 Å². The van der Waals surface area contributed by atoms with Crippen LogP contribution in [0.2, 0.25) is 0 Å². The van der Waals surface area contributed by atoms with Gasteiger partial charge in [0.1, 0.15) is 5.76 Å². The molecular weight excluding hydrogens is 352 g/mol. The van der Waals surface area contributed by atoms with Crippen molar-refractivity contribution in [2.24, 2.45) is 0 Å². The second kappa shape index (κ2) is 8.85. The molecule has 0 aliphatic rings. The molecule has 0 saturated carbocycles. The number of benzene rings is 1. The lowest BCUT2D eigenvalue weighted by Gasteiger charge is -2.29. The van der Waals surface area contributed by atoms with Crippen LogP contribution < -0.4 is 0 Å². The molecule has 146 valence electrons. The molecule has 1 aromatic carbocycles. The molecule has 1 N–H and O–H groups in total. The first-order valence-electron chi connectivity index (χ1n) is 9.51. The van der Waals surface area contributed by atoms with Crippen LogP contribution in [-0.2, 0) is 6.54 Å². The number of rotatable bonds is 7. The van der Waals surface area contributed by atoms with Crippen molar-refractivity contribution in [3.63, 3.8) is 0 Å². The van der Waals surface area contributed by atoms with Gasteiger partial charge in [0.15, 0.2) is 0 Å². The van der Waals surface area contributed by atoms with Crippen LogP contribution in [0.1, 0.15) is 40.9 Å². The molecule has 2 aromatic heterocycles. The van der Waals surface area contributed by atoms with Gasteiger partial charge in [0.25, 0.3) is 5.91 Å². The molecule has 5 nitrogen and oxygen atoms in total. The third kappa shape index (κ3) is 4.49. The maximum Gasteiger partial charge on any atom is 0.254 e. The SMILES string of the molecule is CC[C@@H](CO)N(Cc1ccco1)C(=O)c1cccc(-c2cc(C)nc(C)c2)c1. The van der Waals surface area contributed by atoms with E-state index in [0.717, 1.165) is 22.5 Å². The summed E-state index contributed by atoms with van der Waals surface area (Å²) < 4.78 is 5.43. The number of carbonyl (C=O) groups excluding carboxylic acids is 1. The maximum absolute atomic E-state index is 13.3. The van der Waals surface area contributed by atoms with Gasteiger partial charge in [-0.25, -0.2) is 0 Å². The Hall–Kier alpha value is -2.92. The van der Waals surface area contributed by atoms with Crippen LogP contribution in [-0.4, -0.2) is 33.5 Å². The smallest absolute Gasteiger partial charge is 0.254 e. The third-order valence-corrected chi connectivity index (χ3v) is 4.81. The molecule has 5 heteroatoms. The van der Waals surface area contributed by atoms with Crippen LogP contribution >= 0.6 is 0 Å². The van der Waals surface area contributed by atoms with E-state index >= 15 is 0 Å². The lowest BCUT2D eigenvalue weighted by molar-refractivity contribution is 0.0545. The van der Waals surface area contributed by atoms with Crippen LogP contribution in [0, 0.1) is 13.8 Å². The average molecular weight is 378 g/mol. The van der Waals surface area contributed by atoms with E-state index in [4.69, 9.17) is 4.42 Å². The molecule has 1 amide bonds. The molecule has 2 heterocycles. The molecule has 0 saturated heterocycles. The molecule has 28 heavy (non-hydrogen) atoms.